The van der Waals surface area contributed by atoms with E-state index in [1.165, 1.54) is 18.4 Å². The maximum absolute atomic E-state index is 12.3. The molecule has 2 rings (SSSR count). The van der Waals surface area contributed by atoms with E-state index in [0.717, 1.165) is 41.5 Å². The molecule has 0 radical (unpaired) electrons. The molecule has 1 aliphatic rings. The summed E-state index contributed by atoms with van der Waals surface area (Å²) in [5.74, 6) is -0.145. The Morgan fingerprint density at radius 2 is 1.95 bits per heavy atom. The van der Waals surface area contributed by atoms with E-state index in [1.54, 1.807) is 6.92 Å². The molecule has 0 amide bonds. The number of ether oxygens (including phenoxy) is 1. The number of thiophene rings is 1. The second-order valence-corrected chi connectivity index (χ2v) is 7.36. The van der Waals surface area contributed by atoms with Crippen LogP contribution in [0.1, 0.15) is 54.3 Å². The van der Waals surface area contributed by atoms with Gasteiger partial charge in [-0.25, -0.2) is 0 Å². The first-order valence-electron chi connectivity index (χ1n) is 6.40. The third kappa shape index (κ3) is 2.63. The summed E-state index contributed by atoms with van der Waals surface area (Å²) in [6.45, 7) is 1.55. The summed E-state index contributed by atoms with van der Waals surface area (Å²) < 4.78 is 5.91. The smallest absolute Gasteiger partial charge is 0.316 e. The Hall–Kier alpha value is -0.680. The van der Waals surface area contributed by atoms with E-state index >= 15 is 0 Å². The molecule has 0 saturated heterocycles. The second kappa shape index (κ2) is 5.75. The van der Waals surface area contributed by atoms with Gasteiger partial charge < -0.3 is 4.74 Å². The average Bonchev–Trinajstić information content (AvgIpc) is 2.81. The fourth-order valence-electron chi connectivity index (χ4n) is 2.80. The second-order valence-electron chi connectivity index (χ2n) is 4.99. The predicted octanol–water partition coefficient (Wildman–Crippen LogP) is 4.09. The molecule has 1 aromatic rings. The van der Waals surface area contributed by atoms with Crippen LogP contribution in [0.15, 0.2) is 9.85 Å². The minimum atomic E-state index is -0.573. The number of hydrogen-bond donors (Lipinski definition) is 0. The van der Waals surface area contributed by atoms with E-state index in [0.29, 0.717) is 4.88 Å². The lowest BCUT2D eigenvalue weighted by Gasteiger charge is -2.34. The Balaban J connectivity index is 2.49. The molecule has 1 aromatic heterocycles. The van der Waals surface area contributed by atoms with Gasteiger partial charge in [0.25, 0.3) is 0 Å². The zero-order valence-corrected chi connectivity index (χ0v) is 13.5. The van der Waals surface area contributed by atoms with Crippen LogP contribution in [0.25, 0.3) is 0 Å². The number of methoxy groups -OCH3 is 1. The Morgan fingerprint density at radius 3 is 2.42 bits per heavy atom. The molecule has 0 spiro atoms. The highest BCUT2D eigenvalue weighted by atomic mass is 79.9. The summed E-state index contributed by atoms with van der Waals surface area (Å²) in [5.41, 5.74) is 0.352. The van der Waals surface area contributed by atoms with Crippen molar-refractivity contribution in [2.75, 3.05) is 7.11 Å². The molecule has 104 valence electrons. The van der Waals surface area contributed by atoms with E-state index in [-0.39, 0.29) is 11.8 Å². The van der Waals surface area contributed by atoms with Crippen molar-refractivity contribution in [2.45, 2.75) is 44.4 Å². The molecule has 3 nitrogen and oxygen atoms in total. The Morgan fingerprint density at radius 1 is 1.32 bits per heavy atom. The lowest BCUT2D eigenvalue weighted by atomic mass is 9.70. The van der Waals surface area contributed by atoms with Gasteiger partial charge in [0.15, 0.2) is 5.78 Å². The molecule has 0 N–H and O–H groups in total. The van der Waals surface area contributed by atoms with Crippen molar-refractivity contribution in [3.05, 3.63) is 20.3 Å². The van der Waals surface area contributed by atoms with Crippen LogP contribution in [0.4, 0.5) is 0 Å². The van der Waals surface area contributed by atoms with E-state index in [1.807, 2.05) is 6.07 Å². The van der Waals surface area contributed by atoms with Gasteiger partial charge in [0, 0.05) is 0 Å². The molecule has 0 aromatic carbocycles. The van der Waals surface area contributed by atoms with Crippen molar-refractivity contribution in [3.63, 3.8) is 0 Å². The van der Waals surface area contributed by atoms with E-state index in [2.05, 4.69) is 15.9 Å². The molecule has 0 bridgehead atoms. The van der Waals surface area contributed by atoms with Gasteiger partial charge in [0.05, 0.1) is 21.2 Å². The molecule has 1 saturated carbocycles. The van der Waals surface area contributed by atoms with Crippen LogP contribution in [0.3, 0.4) is 0 Å². The summed E-state index contributed by atoms with van der Waals surface area (Å²) in [5, 5.41) is 0. The monoisotopic (exact) mass is 344 g/mol. The Labute approximate surface area is 125 Å². The van der Waals surface area contributed by atoms with E-state index < -0.39 is 5.41 Å². The first kappa shape index (κ1) is 14.7. The van der Waals surface area contributed by atoms with Gasteiger partial charge in [-0.3, -0.25) is 9.59 Å². The van der Waals surface area contributed by atoms with Crippen LogP contribution in [-0.2, 0) is 14.9 Å². The third-order valence-electron chi connectivity index (χ3n) is 3.83. The Kier molecular flexibility index (Phi) is 4.46. The van der Waals surface area contributed by atoms with Crippen molar-refractivity contribution in [3.8, 4) is 0 Å². The van der Waals surface area contributed by atoms with Crippen LogP contribution >= 0.6 is 27.3 Å². The third-order valence-corrected chi connectivity index (χ3v) is 5.77. The number of ketones is 1. The quantitative estimate of drug-likeness (QED) is 0.612. The number of carbonyl (C=O) groups is 2. The van der Waals surface area contributed by atoms with Crippen molar-refractivity contribution >= 4 is 39.0 Å². The molecule has 0 unspecified atom stereocenters. The number of rotatable bonds is 3. The van der Waals surface area contributed by atoms with Gasteiger partial charge in [-0.2, -0.15) is 0 Å². The van der Waals surface area contributed by atoms with Crippen LogP contribution in [-0.4, -0.2) is 18.9 Å². The molecular weight excluding hydrogens is 328 g/mol. The number of hydrogen-bond acceptors (Lipinski definition) is 4. The zero-order chi connectivity index (χ0) is 14.0. The minimum Gasteiger partial charge on any atom is -0.468 e. The number of halogens is 1. The standard InChI is InChI=1S/C14H17BrO3S/c1-9(16)11-8-10(12(15)19-11)14(13(17)18-2)6-4-3-5-7-14/h8H,3-7H2,1-2H3. The van der Waals surface area contributed by atoms with Crippen molar-refractivity contribution in [1.82, 2.24) is 0 Å². The topological polar surface area (TPSA) is 43.4 Å². The number of esters is 1. The van der Waals surface area contributed by atoms with E-state index in [4.69, 9.17) is 4.74 Å². The molecule has 19 heavy (non-hydrogen) atoms. The first-order chi connectivity index (χ1) is 9.01. The minimum absolute atomic E-state index is 0.0350. The van der Waals surface area contributed by atoms with Gasteiger partial charge in [-0.05, 0) is 47.3 Å². The van der Waals surface area contributed by atoms with Gasteiger partial charge in [0.1, 0.15) is 0 Å². The molecule has 1 heterocycles. The SMILES string of the molecule is COC(=O)C1(c2cc(C(C)=O)sc2Br)CCCCC1. The fourth-order valence-corrected chi connectivity index (χ4v) is 4.70. The molecular formula is C14H17BrO3S. The van der Waals surface area contributed by atoms with E-state index in [9.17, 15) is 9.59 Å². The highest BCUT2D eigenvalue weighted by molar-refractivity contribution is 9.11. The lowest BCUT2D eigenvalue weighted by Crippen LogP contribution is -2.38. The summed E-state index contributed by atoms with van der Waals surface area (Å²) in [6.07, 6.45) is 4.79. The molecule has 5 heteroatoms. The molecule has 1 aliphatic carbocycles. The van der Waals surface area contributed by atoms with Crippen molar-refractivity contribution in [1.29, 1.82) is 0 Å². The fraction of sp³-hybridized carbons (Fsp3) is 0.571. The zero-order valence-electron chi connectivity index (χ0n) is 11.1. The van der Waals surface area contributed by atoms with Gasteiger partial charge in [-0.1, -0.05) is 19.3 Å². The highest BCUT2D eigenvalue weighted by Gasteiger charge is 2.44. The van der Waals surface area contributed by atoms with Gasteiger partial charge in [0.2, 0.25) is 0 Å². The normalized spacial score (nSPS) is 18.1. The van der Waals surface area contributed by atoms with Gasteiger partial charge >= 0.3 is 5.97 Å². The average molecular weight is 345 g/mol. The van der Waals surface area contributed by atoms with Crippen LogP contribution < -0.4 is 0 Å². The van der Waals surface area contributed by atoms with Crippen LogP contribution in [0.5, 0.6) is 0 Å². The maximum atomic E-state index is 12.3. The van der Waals surface area contributed by atoms with Crippen molar-refractivity contribution in [2.24, 2.45) is 0 Å². The highest BCUT2D eigenvalue weighted by Crippen LogP contribution is 2.46. The predicted molar refractivity (Wildman–Crippen MR) is 78.8 cm³/mol. The van der Waals surface area contributed by atoms with Crippen molar-refractivity contribution < 1.29 is 14.3 Å². The molecule has 0 atom stereocenters. The molecule has 0 aliphatic heterocycles. The maximum Gasteiger partial charge on any atom is 0.316 e. The Bertz CT molecular complexity index is 501. The van der Waals surface area contributed by atoms with Crippen LogP contribution in [0, 0.1) is 0 Å². The summed E-state index contributed by atoms with van der Waals surface area (Å²) in [4.78, 5) is 24.5. The molecule has 1 fully saturated rings. The largest absolute Gasteiger partial charge is 0.468 e. The first-order valence-corrected chi connectivity index (χ1v) is 8.01. The number of carbonyl (C=O) groups excluding carboxylic acids is 2. The summed E-state index contributed by atoms with van der Waals surface area (Å²) in [6, 6.07) is 1.86. The summed E-state index contributed by atoms with van der Waals surface area (Å²) >= 11 is 4.91. The number of Topliss-reactive ketones (excluding diaryl/α,β-unsaturated/α-hetero) is 1. The van der Waals surface area contributed by atoms with Gasteiger partial charge in [-0.15, -0.1) is 11.3 Å². The lowest BCUT2D eigenvalue weighted by molar-refractivity contribution is -0.149. The van der Waals surface area contributed by atoms with Crippen LogP contribution in [0.2, 0.25) is 0 Å². The summed E-state index contributed by atoms with van der Waals surface area (Å²) in [7, 11) is 1.44.